The second kappa shape index (κ2) is 12.3. The van der Waals surface area contributed by atoms with Crippen molar-refractivity contribution in [3.05, 3.63) is 47.4 Å². The van der Waals surface area contributed by atoms with E-state index in [1.807, 2.05) is 0 Å². The van der Waals surface area contributed by atoms with Crippen molar-refractivity contribution in [2.45, 2.75) is 31.0 Å². The molecule has 0 unspecified atom stereocenters. The number of ether oxygens (including phenoxy) is 2. The Labute approximate surface area is 245 Å². The van der Waals surface area contributed by atoms with E-state index in [-0.39, 0.29) is 18.0 Å². The van der Waals surface area contributed by atoms with Gasteiger partial charge in [-0.15, -0.1) is 0 Å². The Morgan fingerprint density at radius 1 is 1.25 bits per heavy atom. The number of rotatable bonds is 10. The zero-order valence-corrected chi connectivity index (χ0v) is 26.9. The number of amides is 1. The third-order valence-electron chi connectivity index (χ3n) is 5.73. The van der Waals surface area contributed by atoms with Crippen LogP contribution in [0.1, 0.15) is 18.4 Å². The molecule has 2 N–H and O–H groups in total. The number of aliphatic hydroxyl groups is 1. The molecule has 12 heteroatoms. The molecule has 1 spiro atoms. The molecule has 198 valence electrons. The number of hydrogen-bond acceptors (Lipinski definition) is 6. The minimum Gasteiger partial charge on any atom is -0.495 e. The number of hydrogen-bond donors (Lipinski definition) is 2. The van der Waals surface area contributed by atoms with Gasteiger partial charge in [-0.25, -0.2) is 0 Å². The maximum Gasteiger partial charge on any atom is 0.269 e. The van der Waals surface area contributed by atoms with Gasteiger partial charge in [0, 0.05) is 19.4 Å². The van der Waals surface area contributed by atoms with Crippen molar-refractivity contribution in [3.63, 3.8) is 0 Å². The van der Waals surface area contributed by atoms with Crippen LogP contribution in [-0.2, 0) is 20.8 Å². The Hall–Kier alpha value is -0.920. The second-order valence-electron chi connectivity index (χ2n) is 9.65. The van der Waals surface area contributed by atoms with Crippen molar-refractivity contribution >= 4 is 75.3 Å². The maximum absolute atomic E-state index is 12.6. The molecule has 0 saturated heterocycles. The zero-order chi connectivity index (χ0) is 26.7. The maximum atomic E-state index is 12.6. The van der Waals surface area contributed by atoms with Crippen LogP contribution in [0.4, 0.5) is 0 Å². The lowest BCUT2D eigenvalue weighted by Gasteiger charge is -2.33. The summed E-state index contributed by atoms with van der Waals surface area (Å²) in [5, 5.41) is 17.5. The molecule has 0 bridgehead atoms. The second-order valence-corrected chi connectivity index (χ2v) is 13.1. The van der Waals surface area contributed by atoms with Gasteiger partial charge in [-0.2, -0.15) is 0 Å². The first-order valence-electron chi connectivity index (χ1n) is 11.3. The van der Waals surface area contributed by atoms with Crippen molar-refractivity contribution in [2.24, 2.45) is 5.16 Å². The molecule has 0 saturated carbocycles. The largest absolute Gasteiger partial charge is 0.495 e. The predicted octanol–water partition coefficient (Wildman–Crippen LogP) is 4.77. The van der Waals surface area contributed by atoms with Crippen LogP contribution in [0.2, 0.25) is 0 Å². The molecule has 1 aliphatic carbocycles. The summed E-state index contributed by atoms with van der Waals surface area (Å²) < 4.78 is 14.9. The highest BCUT2D eigenvalue weighted by Gasteiger charge is 2.50. The van der Waals surface area contributed by atoms with Gasteiger partial charge < -0.3 is 29.2 Å². The molecule has 1 aromatic carbocycles. The van der Waals surface area contributed by atoms with Gasteiger partial charge in [0.05, 0.1) is 59.3 Å². The summed E-state index contributed by atoms with van der Waals surface area (Å²) in [7, 11) is 8.03. The van der Waals surface area contributed by atoms with E-state index in [1.165, 1.54) is 12.7 Å². The Bertz CT molecular complexity index is 1080. The highest BCUT2D eigenvalue weighted by molar-refractivity contribution is 9.12. The molecule has 8 nitrogen and oxygen atoms in total. The highest BCUT2D eigenvalue weighted by Crippen LogP contribution is 2.44. The van der Waals surface area contributed by atoms with E-state index in [2.05, 4.69) is 107 Å². The average molecular weight is 760 g/mol. The van der Waals surface area contributed by atoms with Crippen LogP contribution >= 0.6 is 63.7 Å². The normalized spacial score (nSPS) is 21.8. The lowest BCUT2D eigenvalue weighted by Crippen LogP contribution is -2.45. The SMILES string of the molecule is COC1=C(Br)[C@@H](O)[C@]2(C=C1Br)CC(C(=O)NCCCOc1c(Br)cc(CC[N+](C)(C)C)cc1Br)=NO2. The summed E-state index contributed by atoms with van der Waals surface area (Å²) in [6, 6.07) is 4.17. The third-order valence-corrected chi connectivity index (χ3v) is 8.29. The van der Waals surface area contributed by atoms with Gasteiger partial charge in [-0.05, 0) is 93.9 Å². The Kier molecular flexibility index (Phi) is 10.1. The minimum absolute atomic E-state index is 0.123. The molecule has 2 atom stereocenters. The van der Waals surface area contributed by atoms with E-state index < -0.39 is 11.7 Å². The number of allylic oxidation sites excluding steroid dienone is 1. The van der Waals surface area contributed by atoms with Crippen LogP contribution in [-0.4, -0.2) is 80.9 Å². The summed E-state index contributed by atoms with van der Waals surface area (Å²) in [6.07, 6.45) is 2.30. The van der Waals surface area contributed by atoms with Gasteiger partial charge in [0.2, 0.25) is 0 Å². The molecule has 2 aliphatic rings. The van der Waals surface area contributed by atoms with Gasteiger partial charge in [-0.3, -0.25) is 4.79 Å². The summed E-state index contributed by atoms with van der Waals surface area (Å²) in [5.41, 5.74) is 0.263. The smallest absolute Gasteiger partial charge is 0.269 e. The summed E-state index contributed by atoms with van der Waals surface area (Å²) in [4.78, 5) is 18.2. The molecule has 1 amide bonds. The first-order chi connectivity index (χ1) is 16.9. The van der Waals surface area contributed by atoms with E-state index in [4.69, 9.17) is 14.3 Å². The molecule has 36 heavy (non-hydrogen) atoms. The lowest BCUT2D eigenvalue weighted by molar-refractivity contribution is -0.870. The number of aliphatic hydroxyl groups excluding tert-OH is 1. The van der Waals surface area contributed by atoms with Crippen molar-refractivity contribution in [2.75, 3.05) is 47.9 Å². The Balaban J connectivity index is 1.46. The molecule has 0 radical (unpaired) electrons. The van der Waals surface area contributed by atoms with Crippen molar-refractivity contribution in [3.8, 4) is 5.75 Å². The van der Waals surface area contributed by atoms with Crippen molar-refractivity contribution in [1.29, 1.82) is 0 Å². The van der Waals surface area contributed by atoms with Crippen molar-refractivity contribution in [1.82, 2.24) is 5.32 Å². The number of likely N-dealkylation sites (N-methyl/N-ethyl adjacent to an activating group) is 1. The number of carbonyl (C=O) groups excluding carboxylic acids is 1. The number of nitrogens with one attached hydrogen (secondary N) is 1. The van der Waals surface area contributed by atoms with E-state index in [0.29, 0.717) is 34.3 Å². The van der Waals surface area contributed by atoms with Crippen LogP contribution < -0.4 is 10.1 Å². The quantitative estimate of drug-likeness (QED) is 0.266. The standard InChI is InChI=1S/C24H29Br4N3O5/c1-31(2,3)8-6-14-10-15(25)20(16(26)11-14)35-9-5-7-29-23(33)18-13-24(36-30-18)12-17(27)21(34-4)19(28)22(24)32/h10-12,22,32H,5-9,13H2,1-4H3/p+1/t22-,24+/m1/s1. The molecule has 3 rings (SSSR count). The van der Waals surface area contributed by atoms with Crippen LogP contribution in [0.25, 0.3) is 0 Å². The molecular formula is C24H30Br4N3O5+. The summed E-state index contributed by atoms with van der Waals surface area (Å²) in [6.45, 7) is 1.86. The van der Waals surface area contributed by atoms with Crippen LogP contribution in [0.15, 0.2) is 47.0 Å². The number of oxime groups is 1. The Morgan fingerprint density at radius 3 is 2.53 bits per heavy atom. The average Bonchev–Trinajstić information content (AvgIpc) is 3.22. The predicted molar refractivity (Wildman–Crippen MR) is 153 cm³/mol. The molecule has 1 heterocycles. The van der Waals surface area contributed by atoms with Crippen molar-refractivity contribution < 1.29 is 28.7 Å². The van der Waals surface area contributed by atoms with Gasteiger partial charge in [-0.1, -0.05) is 5.16 Å². The summed E-state index contributed by atoms with van der Waals surface area (Å²) in [5.74, 6) is 0.862. The number of nitrogens with zero attached hydrogens (tertiary/aromatic N) is 2. The Morgan fingerprint density at radius 2 is 1.92 bits per heavy atom. The number of quaternary nitrogens is 1. The fourth-order valence-electron chi connectivity index (χ4n) is 3.73. The topological polar surface area (TPSA) is 89.4 Å². The van der Waals surface area contributed by atoms with Gasteiger partial charge >= 0.3 is 0 Å². The van der Waals surface area contributed by atoms with E-state index >= 15 is 0 Å². The molecule has 0 fully saturated rings. The number of carbonyl (C=O) groups is 1. The molecular weight excluding hydrogens is 730 g/mol. The molecule has 1 aliphatic heterocycles. The fourth-order valence-corrected chi connectivity index (χ4v) is 7.03. The minimum atomic E-state index is -1.17. The van der Waals surface area contributed by atoms with Gasteiger partial charge in [0.1, 0.15) is 23.3 Å². The number of halogens is 4. The van der Waals surface area contributed by atoms with E-state index in [9.17, 15) is 9.90 Å². The lowest BCUT2D eigenvalue weighted by atomic mass is 9.87. The molecule has 1 aromatic rings. The first kappa shape index (κ1) is 29.6. The third kappa shape index (κ3) is 7.13. The van der Waals surface area contributed by atoms with Crippen LogP contribution in [0.3, 0.4) is 0 Å². The van der Waals surface area contributed by atoms with E-state index in [1.54, 1.807) is 6.08 Å². The highest BCUT2D eigenvalue weighted by atomic mass is 79.9. The van der Waals surface area contributed by atoms with Crippen LogP contribution in [0.5, 0.6) is 5.75 Å². The number of benzene rings is 1. The number of methoxy groups -OCH3 is 1. The zero-order valence-electron chi connectivity index (χ0n) is 20.5. The molecule has 0 aromatic heterocycles. The summed E-state index contributed by atoms with van der Waals surface area (Å²) >= 11 is 14.0. The van der Waals surface area contributed by atoms with E-state index in [0.717, 1.165) is 32.1 Å². The first-order valence-corrected chi connectivity index (χ1v) is 14.5. The van der Waals surface area contributed by atoms with Gasteiger partial charge in [0.15, 0.2) is 5.60 Å². The fraction of sp³-hybridized carbons (Fsp3) is 0.500. The monoisotopic (exact) mass is 756 g/mol. The van der Waals surface area contributed by atoms with Crippen LogP contribution in [0, 0.1) is 0 Å². The van der Waals surface area contributed by atoms with Gasteiger partial charge in [0.25, 0.3) is 5.91 Å².